The molecule has 0 radical (unpaired) electrons. The molecule has 1 aromatic heterocycles. The van der Waals surface area contributed by atoms with E-state index in [1.54, 1.807) is 12.3 Å². The summed E-state index contributed by atoms with van der Waals surface area (Å²) in [7, 11) is 0. The van der Waals surface area contributed by atoms with E-state index in [9.17, 15) is 4.39 Å². The van der Waals surface area contributed by atoms with E-state index in [0.717, 1.165) is 45.6 Å². The fraction of sp³-hybridized carbons (Fsp3) is 0.762. The maximum atomic E-state index is 13.8. The normalized spacial score (nSPS) is 25.2. The highest BCUT2D eigenvalue weighted by Crippen LogP contribution is 2.49. The zero-order valence-electron chi connectivity index (χ0n) is 16.2. The first-order valence-electron chi connectivity index (χ1n) is 10.2. The molecule has 0 bridgehead atoms. The van der Waals surface area contributed by atoms with Crippen molar-refractivity contribution in [3.63, 3.8) is 0 Å². The van der Waals surface area contributed by atoms with Gasteiger partial charge >= 0.3 is 0 Å². The molecule has 1 aliphatic carbocycles. The molecular weight excluding hydrogens is 329 g/mol. The number of aromatic nitrogens is 1. The molecular formula is C21H32FN3O. The number of hydrogen-bond acceptors (Lipinski definition) is 4. The van der Waals surface area contributed by atoms with Crippen molar-refractivity contribution >= 4 is 0 Å². The molecule has 1 aromatic rings. The molecule has 0 aromatic carbocycles. The average molecular weight is 362 g/mol. The Morgan fingerprint density at radius 1 is 1.12 bits per heavy atom. The lowest BCUT2D eigenvalue weighted by atomic mass is 9.87. The van der Waals surface area contributed by atoms with Crippen LogP contribution in [0.3, 0.4) is 0 Å². The summed E-state index contributed by atoms with van der Waals surface area (Å²) in [5.74, 6) is 0.519. The lowest BCUT2D eigenvalue weighted by molar-refractivity contribution is -0.189. The van der Waals surface area contributed by atoms with Crippen LogP contribution in [0, 0.1) is 11.7 Å². The molecule has 3 aliphatic rings. The van der Waals surface area contributed by atoms with Crippen LogP contribution >= 0.6 is 0 Å². The molecule has 4 rings (SSSR count). The van der Waals surface area contributed by atoms with Crippen molar-refractivity contribution in [2.45, 2.75) is 57.2 Å². The van der Waals surface area contributed by atoms with Gasteiger partial charge in [-0.05, 0) is 43.7 Å². The smallest absolute Gasteiger partial charge is 0.144 e. The van der Waals surface area contributed by atoms with Crippen LogP contribution in [0.4, 0.5) is 4.39 Å². The van der Waals surface area contributed by atoms with E-state index in [-0.39, 0.29) is 17.0 Å². The van der Waals surface area contributed by atoms with E-state index in [0.29, 0.717) is 18.0 Å². The number of piperidine rings is 1. The maximum Gasteiger partial charge on any atom is 0.144 e. The Morgan fingerprint density at radius 2 is 1.81 bits per heavy atom. The summed E-state index contributed by atoms with van der Waals surface area (Å²) in [6.07, 6.45) is 7.00. The third kappa shape index (κ3) is 4.10. The Labute approximate surface area is 156 Å². The van der Waals surface area contributed by atoms with Crippen LogP contribution in [0.15, 0.2) is 18.3 Å². The van der Waals surface area contributed by atoms with Gasteiger partial charge in [-0.1, -0.05) is 13.8 Å². The molecule has 0 unspecified atom stereocenters. The van der Waals surface area contributed by atoms with Gasteiger partial charge in [0.1, 0.15) is 5.82 Å². The fourth-order valence-electron chi connectivity index (χ4n) is 4.75. The molecule has 0 amide bonds. The van der Waals surface area contributed by atoms with Crippen LogP contribution in [-0.4, -0.2) is 65.3 Å². The molecule has 5 heteroatoms. The van der Waals surface area contributed by atoms with Crippen LogP contribution < -0.4 is 0 Å². The lowest BCUT2D eigenvalue weighted by Crippen LogP contribution is -2.61. The number of likely N-dealkylation sites (tertiary alicyclic amines) is 1. The quantitative estimate of drug-likeness (QED) is 0.806. The van der Waals surface area contributed by atoms with Gasteiger partial charge in [-0.15, -0.1) is 0 Å². The highest BCUT2D eigenvalue weighted by molar-refractivity contribution is 5.09. The van der Waals surface area contributed by atoms with Gasteiger partial charge in [0, 0.05) is 51.9 Å². The lowest BCUT2D eigenvalue weighted by Gasteiger charge is -2.51. The van der Waals surface area contributed by atoms with Crippen molar-refractivity contribution in [2.24, 2.45) is 5.92 Å². The Morgan fingerprint density at radius 3 is 2.42 bits per heavy atom. The van der Waals surface area contributed by atoms with Gasteiger partial charge < -0.3 is 9.64 Å². The van der Waals surface area contributed by atoms with E-state index >= 15 is 0 Å². The largest absolute Gasteiger partial charge is 0.366 e. The van der Waals surface area contributed by atoms with Gasteiger partial charge in [-0.2, -0.15) is 0 Å². The highest BCUT2D eigenvalue weighted by Gasteiger charge is 2.55. The zero-order chi connectivity index (χ0) is 18.2. The van der Waals surface area contributed by atoms with Crippen molar-refractivity contribution in [2.75, 3.05) is 39.3 Å². The third-order valence-electron chi connectivity index (χ3n) is 6.15. The van der Waals surface area contributed by atoms with Crippen molar-refractivity contribution in [3.05, 3.63) is 29.8 Å². The van der Waals surface area contributed by atoms with E-state index < -0.39 is 0 Å². The predicted octanol–water partition coefficient (Wildman–Crippen LogP) is 3.12. The molecule has 3 fully saturated rings. The number of ether oxygens (including phenoxy) is 1. The summed E-state index contributed by atoms with van der Waals surface area (Å²) >= 11 is 0. The maximum absolute atomic E-state index is 13.8. The number of morpholine rings is 1. The van der Waals surface area contributed by atoms with Crippen LogP contribution in [0.5, 0.6) is 0 Å². The second-order valence-corrected chi connectivity index (χ2v) is 9.06. The summed E-state index contributed by atoms with van der Waals surface area (Å²) in [6.45, 7) is 11.0. The first kappa shape index (κ1) is 18.3. The van der Waals surface area contributed by atoms with E-state index in [2.05, 4.69) is 28.6 Å². The first-order valence-corrected chi connectivity index (χ1v) is 10.2. The Bertz CT molecular complexity index is 623. The standard InChI is InChI=1S/C21H32FN3O/c1-17(2)14-25-15-20(6-7-20)26-21(16-25)8-12-24(13-9-21)11-5-19-18(22)4-3-10-23-19/h3-4,10,17H,5-9,11-16H2,1-2H3. The topological polar surface area (TPSA) is 28.6 Å². The molecule has 1 saturated carbocycles. The molecule has 3 heterocycles. The number of rotatable bonds is 5. The highest BCUT2D eigenvalue weighted by atomic mass is 19.1. The summed E-state index contributed by atoms with van der Waals surface area (Å²) in [6, 6.07) is 3.16. The van der Waals surface area contributed by atoms with Gasteiger partial charge in [0.05, 0.1) is 16.9 Å². The van der Waals surface area contributed by atoms with Gasteiger partial charge in [0.2, 0.25) is 0 Å². The van der Waals surface area contributed by atoms with Crippen LogP contribution in [0.1, 0.15) is 45.2 Å². The number of hydrogen-bond donors (Lipinski definition) is 0. The Balaban J connectivity index is 1.32. The molecule has 2 spiro atoms. The van der Waals surface area contributed by atoms with Crippen molar-refractivity contribution < 1.29 is 9.13 Å². The van der Waals surface area contributed by atoms with Crippen molar-refractivity contribution in [3.8, 4) is 0 Å². The Hall–Kier alpha value is -1.04. The number of nitrogens with zero attached hydrogens (tertiary/aromatic N) is 3. The molecule has 2 aliphatic heterocycles. The molecule has 144 valence electrons. The minimum Gasteiger partial charge on any atom is -0.366 e. The zero-order valence-corrected chi connectivity index (χ0v) is 16.2. The Kier molecular flexibility index (Phi) is 5.06. The molecule has 0 atom stereocenters. The summed E-state index contributed by atoms with van der Waals surface area (Å²) < 4.78 is 20.5. The van der Waals surface area contributed by atoms with Crippen LogP contribution in [0.25, 0.3) is 0 Å². The van der Waals surface area contributed by atoms with Crippen LogP contribution in [0.2, 0.25) is 0 Å². The molecule has 26 heavy (non-hydrogen) atoms. The monoisotopic (exact) mass is 361 g/mol. The van der Waals surface area contributed by atoms with Crippen molar-refractivity contribution in [1.29, 1.82) is 0 Å². The fourth-order valence-corrected chi connectivity index (χ4v) is 4.75. The van der Waals surface area contributed by atoms with Gasteiger partial charge in [-0.25, -0.2) is 4.39 Å². The van der Waals surface area contributed by atoms with Crippen LogP contribution in [-0.2, 0) is 11.2 Å². The van der Waals surface area contributed by atoms with E-state index in [1.807, 2.05) is 0 Å². The molecule has 0 N–H and O–H groups in total. The average Bonchev–Trinajstić information content (AvgIpc) is 3.32. The minimum absolute atomic E-state index is 0.0381. The minimum atomic E-state index is -0.184. The second-order valence-electron chi connectivity index (χ2n) is 9.06. The molecule has 2 saturated heterocycles. The van der Waals surface area contributed by atoms with Gasteiger partial charge in [0.25, 0.3) is 0 Å². The summed E-state index contributed by atoms with van der Waals surface area (Å²) in [5, 5.41) is 0. The van der Waals surface area contributed by atoms with Gasteiger partial charge in [-0.3, -0.25) is 9.88 Å². The van der Waals surface area contributed by atoms with E-state index in [1.165, 1.54) is 25.5 Å². The van der Waals surface area contributed by atoms with E-state index in [4.69, 9.17) is 4.74 Å². The predicted molar refractivity (Wildman–Crippen MR) is 101 cm³/mol. The molecule has 4 nitrogen and oxygen atoms in total. The first-order chi connectivity index (χ1) is 12.5. The number of halogens is 1. The second kappa shape index (κ2) is 7.17. The van der Waals surface area contributed by atoms with Crippen molar-refractivity contribution in [1.82, 2.24) is 14.8 Å². The summed E-state index contributed by atoms with van der Waals surface area (Å²) in [5.41, 5.74) is 0.782. The van der Waals surface area contributed by atoms with Gasteiger partial charge in [0.15, 0.2) is 0 Å². The third-order valence-corrected chi connectivity index (χ3v) is 6.15. The SMILES string of the molecule is CC(C)CN1CC2(CCN(CCc3ncccc3F)CC2)OC2(CC2)C1. The summed E-state index contributed by atoms with van der Waals surface area (Å²) in [4.78, 5) is 9.28. The number of pyridine rings is 1.